The molecule has 0 bridgehead atoms. The zero-order chi connectivity index (χ0) is 25.4. The van der Waals surface area contributed by atoms with Crippen LogP contribution in [0.15, 0.2) is 96.0 Å². The molecule has 35 heavy (non-hydrogen) atoms. The summed E-state index contributed by atoms with van der Waals surface area (Å²) in [6.07, 6.45) is 6.49. The van der Waals surface area contributed by atoms with Gasteiger partial charge in [0, 0.05) is 38.7 Å². The largest absolute Gasteiger partial charge is 0.348 e. The van der Waals surface area contributed by atoms with Crippen LogP contribution in [0.5, 0.6) is 0 Å². The third-order valence-corrected chi connectivity index (χ3v) is 7.67. The molecule has 0 saturated carbocycles. The zero-order valence-electron chi connectivity index (χ0n) is 20.7. The van der Waals surface area contributed by atoms with Gasteiger partial charge in [-0.2, -0.15) is 0 Å². The molecular formula is C27H31N4OPS2. The van der Waals surface area contributed by atoms with Crippen LogP contribution in [0.2, 0.25) is 0 Å². The van der Waals surface area contributed by atoms with E-state index in [1.165, 1.54) is 11.8 Å². The second kappa shape index (κ2) is 12.9. The molecule has 0 saturated heterocycles. The molecule has 5 nitrogen and oxygen atoms in total. The van der Waals surface area contributed by atoms with Gasteiger partial charge in [0.1, 0.15) is 5.84 Å². The molecule has 0 amide bonds. The lowest BCUT2D eigenvalue weighted by Gasteiger charge is -2.17. The van der Waals surface area contributed by atoms with Crippen molar-refractivity contribution in [3.63, 3.8) is 0 Å². The molecule has 0 aliphatic carbocycles. The van der Waals surface area contributed by atoms with E-state index >= 15 is 0 Å². The van der Waals surface area contributed by atoms with Crippen molar-refractivity contribution >= 4 is 49.3 Å². The van der Waals surface area contributed by atoms with Crippen LogP contribution in [0.1, 0.15) is 46.6 Å². The number of nitrogens with zero attached hydrogens (tertiary/aromatic N) is 2. The van der Waals surface area contributed by atoms with Crippen LogP contribution in [-0.2, 0) is 0 Å². The van der Waals surface area contributed by atoms with Crippen molar-refractivity contribution < 1.29 is 0 Å². The van der Waals surface area contributed by atoms with Crippen molar-refractivity contribution in [1.29, 1.82) is 0 Å². The van der Waals surface area contributed by atoms with Crippen molar-refractivity contribution in [1.82, 2.24) is 15.3 Å². The van der Waals surface area contributed by atoms with E-state index in [-0.39, 0.29) is 11.5 Å². The van der Waals surface area contributed by atoms with Gasteiger partial charge < -0.3 is 10.3 Å². The summed E-state index contributed by atoms with van der Waals surface area (Å²) in [6.45, 7) is 10.2. The van der Waals surface area contributed by atoms with Gasteiger partial charge in [0.05, 0.1) is 10.5 Å². The van der Waals surface area contributed by atoms with Gasteiger partial charge in [0.2, 0.25) is 0 Å². The molecule has 3 rings (SSSR count). The van der Waals surface area contributed by atoms with Gasteiger partial charge in [-0.1, -0.05) is 61.6 Å². The molecule has 0 spiro atoms. The Balaban J connectivity index is 2.07. The fourth-order valence-electron chi connectivity index (χ4n) is 3.12. The van der Waals surface area contributed by atoms with Crippen LogP contribution in [0, 0.1) is 5.92 Å². The number of aromatic nitrogens is 2. The summed E-state index contributed by atoms with van der Waals surface area (Å²) in [5.74, 6) is 1.82. The summed E-state index contributed by atoms with van der Waals surface area (Å²) in [6, 6.07) is 14.2. The van der Waals surface area contributed by atoms with E-state index in [0.29, 0.717) is 11.4 Å². The molecule has 0 radical (unpaired) electrons. The van der Waals surface area contributed by atoms with Crippen LogP contribution in [0.25, 0.3) is 0 Å². The highest BCUT2D eigenvalue weighted by Crippen LogP contribution is 2.38. The monoisotopic (exact) mass is 522 g/mol. The van der Waals surface area contributed by atoms with E-state index in [9.17, 15) is 4.79 Å². The minimum atomic E-state index is -0.126. The number of rotatable bonds is 9. The Hall–Kier alpha value is -2.60. The molecular weight excluding hydrogens is 491 g/mol. The Bertz CT molecular complexity index is 1300. The number of allylic oxidation sites excluding steroid dienone is 2. The molecule has 0 aliphatic heterocycles. The summed E-state index contributed by atoms with van der Waals surface area (Å²) in [5, 5.41) is 4.23. The normalized spacial score (nSPS) is 12.9. The number of benzene rings is 1. The molecule has 1 unspecified atom stereocenters. The highest BCUT2D eigenvalue weighted by molar-refractivity contribution is 8.00. The van der Waals surface area contributed by atoms with Gasteiger partial charge >= 0.3 is 0 Å². The number of hydrogen-bond donors (Lipinski definition) is 2. The molecule has 182 valence electrons. The van der Waals surface area contributed by atoms with E-state index < -0.39 is 0 Å². The van der Waals surface area contributed by atoms with Crippen LogP contribution < -0.4 is 10.9 Å². The van der Waals surface area contributed by atoms with Gasteiger partial charge in [-0.15, -0.1) is 8.86 Å². The molecule has 0 fully saturated rings. The Labute approximate surface area is 218 Å². The fraction of sp³-hybridized carbons (Fsp3) is 0.259. The Morgan fingerprint density at radius 3 is 2.54 bits per heavy atom. The number of nitrogens with one attached hydrogen (secondary N) is 2. The summed E-state index contributed by atoms with van der Waals surface area (Å²) >= 11 is 3.14. The molecule has 3 aromatic rings. The van der Waals surface area contributed by atoms with Crippen molar-refractivity contribution in [3.05, 3.63) is 82.5 Å². The smallest absolute Gasteiger partial charge is 0.256 e. The molecule has 2 heterocycles. The van der Waals surface area contributed by atoms with E-state index in [0.717, 1.165) is 42.8 Å². The highest BCUT2D eigenvalue weighted by atomic mass is 32.2. The molecule has 1 aromatic carbocycles. The standard InChI is InChI=1S/C27H31N4OPS2/c1-6-17(3)25(30-18(4)7-2)31-26-23(34-20-11-9-8-10-12-20)15-21(16-29-26)35-22-13-14-28-27(32)24(22)19(5)33/h7-17,33H,6H2,1-5H3,(H,28,32)(H,29,30,31)/b18-7-. The number of hydrogen-bond acceptors (Lipinski definition) is 5. The second-order valence-electron chi connectivity index (χ2n) is 8.08. The average molecular weight is 523 g/mol. The first kappa shape index (κ1) is 27.0. The van der Waals surface area contributed by atoms with Crippen LogP contribution in [0.4, 0.5) is 5.82 Å². The first-order valence-electron chi connectivity index (χ1n) is 11.5. The summed E-state index contributed by atoms with van der Waals surface area (Å²) in [7, 11) is 3.53. The summed E-state index contributed by atoms with van der Waals surface area (Å²) in [4.78, 5) is 28.7. The maximum atomic E-state index is 12.4. The third kappa shape index (κ3) is 7.44. The third-order valence-electron chi connectivity index (χ3n) is 5.37. The maximum Gasteiger partial charge on any atom is 0.256 e. The number of pyridine rings is 2. The Morgan fingerprint density at radius 1 is 1.17 bits per heavy atom. The van der Waals surface area contributed by atoms with Crippen molar-refractivity contribution in [2.45, 2.75) is 60.6 Å². The first-order chi connectivity index (χ1) is 16.8. The van der Waals surface area contributed by atoms with Crippen LogP contribution in [-0.4, -0.2) is 21.1 Å². The minimum absolute atomic E-state index is 0.126. The van der Waals surface area contributed by atoms with Gasteiger partial charge in [0.15, 0.2) is 5.82 Å². The van der Waals surface area contributed by atoms with Gasteiger partial charge in [-0.3, -0.25) is 4.79 Å². The SMILES string of the molecule is C/C=C(/C)N/C(=N/c1ncc(Sc2cc[nH]c(=O)c2C(C)=P)cc1Sc1ccccc1)C(C)CC. The lowest BCUT2D eigenvalue weighted by atomic mass is 10.1. The molecule has 0 aliphatic rings. The van der Waals surface area contributed by atoms with E-state index in [2.05, 4.69) is 51.2 Å². The number of aliphatic imine (C=N–C) groups is 1. The Kier molecular flexibility index (Phi) is 9.96. The number of aromatic amines is 1. The topological polar surface area (TPSA) is 70.1 Å². The minimum Gasteiger partial charge on any atom is -0.348 e. The van der Waals surface area contributed by atoms with Crippen molar-refractivity contribution in [2.24, 2.45) is 10.9 Å². The van der Waals surface area contributed by atoms with Crippen molar-refractivity contribution in [2.75, 3.05) is 0 Å². The summed E-state index contributed by atoms with van der Waals surface area (Å²) < 4.78 is 0. The molecule has 8 heteroatoms. The van der Waals surface area contributed by atoms with E-state index in [1.54, 1.807) is 18.0 Å². The zero-order valence-corrected chi connectivity index (χ0v) is 23.3. The number of amidine groups is 1. The van der Waals surface area contributed by atoms with Crippen molar-refractivity contribution in [3.8, 4) is 0 Å². The van der Waals surface area contributed by atoms with Crippen LogP contribution >= 0.6 is 32.4 Å². The summed E-state index contributed by atoms with van der Waals surface area (Å²) in [5.41, 5.74) is 1.55. The lowest BCUT2D eigenvalue weighted by Crippen LogP contribution is -2.27. The van der Waals surface area contributed by atoms with Gasteiger partial charge in [-0.25, -0.2) is 9.98 Å². The predicted molar refractivity (Wildman–Crippen MR) is 153 cm³/mol. The quantitative estimate of drug-likeness (QED) is 0.175. The van der Waals surface area contributed by atoms with Gasteiger partial charge in [0.25, 0.3) is 5.56 Å². The van der Waals surface area contributed by atoms with Crippen LogP contribution in [0.3, 0.4) is 0 Å². The molecule has 2 N–H and O–H groups in total. The maximum absolute atomic E-state index is 12.4. The number of H-pyrrole nitrogens is 1. The molecule has 2 aromatic heterocycles. The van der Waals surface area contributed by atoms with E-state index in [1.807, 2.05) is 57.3 Å². The van der Waals surface area contributed by atoms with E-state index in [4.69, 9.17) is 9.98 Å². The fourth-order valence-corrected chi connectivity index (χ4v) is 5.48. The molecule has 1 atom stereocenters. The second-order valence-corrected chi connectivity index (χ2v) is 11.1. The highest BCUT2D eigenvalue weighted by Gasteiger charge is 2.15. The Morgan fingerprint density at radius 2 is 1.89 bits per heavy atom. The average Bonchev–Trinajstić information content (AvgIpc) is 2.84. The lowest BCUT2D eigenvalue weighted by molar-refractivity contribution is 0.714. The van der Waals surface area contributed by atoms with Gasteiger partial charge in [-0.05, 0) is 56.8 Å². The predicted octanol–water partition coefficient (Wildman–Crippen LogP) is 7.34. The first-order valence-corrected chi connectivity index (χ1v) is 13.6.